The van der Waals surface area contributed by atoms with Crippen molar-refractivity contribution in [3.8, 4) is 0 Å². The third-order valence-corrected chi connectivity index (χ3v) is 3.45. The van der Waals surface area contributed by atoms with Gasteiger partial charge in [-0.3, -0.25) is 0 Å². The molecule has 0 aliphatic rings. The van der Waals surface area contributed by atoms with E-state index in [2.05, 4.69) is 0 Å². The highest BCUT2D eigenvalue weighted by Crippen LogP contribution is 2.20. The second kappa shape index (κ2) is 23.8. The van der Waals surface area contributed by atoms with Crippen LogP contribution in [0.2, 0.25) is 0 Å². The van der Waals surface area contributed by atoms with Crippen molar-refractivity contribution in [1.29, 1.82) is 0 Å². The lowest BCUT2D eigenvalue weighted by atomic mass is 9.88. The predicted molar refractivity (Wildman–Crippen MR) is 109 cm³/mol. The molecule has 0 fully saturated rings. The van der Waals surface area contributed by atoms with Gasteiger partial charge < -0.3 is 29.9 Å². The SMILES string of the molecule is C.C.C.C.CCOCC(C)(CO)CO.CCOCC(CC)(CO)CO. The molecule has 0 unspecified atom stereocenters. The Morgan fingerprint density at radius 2 is 1.00 bits per heavy atom. The molecule has 0 aromatic rings. The Morgan fingerprint density at radius 1 is 0.640 bits per heavy atom. The van der Waals surface area contributed by atoms with Crippen LogP contribution in [0, 0.1) is 10.8 Å². The fourth-order valence-electron chi connectivity index (χ4n) is 1.28. The summed E-state index contributed by atoms with van der Waals surface area (Å²) in [7, 11) is 0. The van der Waals surface area contributed by atoms with Crippen molar-refractivity contribution < 1.29 is 29.9 Å². The van der Waals surface area contributed by atoms with Gasteiger partial charge in [0.25, 0.3) is 0 Å². The minimum absolute atomic E-state index is 0. The standard InChI is InChI=1S/C8H18O3.C7H16O3.4CH4/c1-3-8(5-9,6-10)7-11-4-2;1-3-10-6-7(2,4-8)5-9;;;;/h9-10H,3-7H2,1-2H3;8-9H,3-6H2,1-2H3;4*1H4. The molecule has 0 aliphatic carbocycles. The van der Waals surface area contributed by atoms with E-state index < -0.39 is 10.8 Å². The average molecular weight is 375 g/mol. The van der Waals surface area contributed by atoms with Crippen LogP contribution in [-0.4, -0.2) is 73.3 Å². The Balaban J connectivity index is -0.0000000624. The Kier molecular flexibility index (Phi) is 37.7. The fourth-order valence-corrected chi connectivity index (χ4v) is 1.28. The van der Waals surface area contributed by atoms with E-state index in [4.69, 9.17) is 29.9 Å². The zero-order chi connectivity index (χ0) is 16.8. The van der Waals surface area contributed by atoms with Crippen LogP contribution in [0.4, 0.5) is 0 Å². The van der Waals surface area contributed by atoms with Gasteiger partial charge in [0.15, 0.2) is 0 Å². The van der Waals surface area contributed by atoms with E-state index in [1.54, 1.807) is 6.92 Å². The topological polar surface area (TPSA) is 99.4 Å². The Morgan fingerprint density at radius 3 is 1.24 bits per heavy atom. The van der Waals surface area contributed by atoms with Crippen molar-refractivity contribution in [1.82, 2.24) is 0 Å². The van der Waals surface area contributed by atoms with Crippen molar-refractivity contribution in [2.75, 3.05) is 52.9 Å². The number of rotatable bonds is 11. The summed E-state index contributed by atoms with van der Waals surface area (Å²) in [6.07, 6.45) is 0.736. The highest BCUT2D eigenvalue weighted by molar-refractivity contribution is 4.75. The summed E-state index contributed by atoms with van der Waals surface area (Å²) < 4.78 is 10.2. The molecule has 0 atom stereocenters. The van der Waals surface area contributed by atoms with Crippen molar-refractivity contribution in [2.24, 2.45) is 10.8 Å². The first-order valence-corrected chi connectivity index (χ1v) is 7.52. The quantitative estimate of drug-likeness (QED) is 0.444. The van der Waals surface area contributed by atoms with Crippen molar-refractivity contribution >= 4 is 0 Å². The smallest absolute Gasteiger partial charge is 0.0566 e. The van der Waals surface area contributed by atoms with E-state index in [0.717, 1.165) is 6.42 Å². The van der Waals surface area contributed by atoms with Crippen molar-refractivity contribution in [3.63, 3.8) is 0 Å². The molecule has 25 heavy (non-hydrogen) atoms. The summed E-state index contributed by atoms with van der Waals surface area (Å²) in [5, 5.41) is 35.5. The van der Waals surface area contributed by atoms with Gasteiger partial charge in [0.1, 0.15) is 0 Å². The maximum Gasteiger partial charge on any atom is 0.0566 e. The summed E-state index contributed by atoms with van der Waals surface area (Å²) >= 11 is 0. The Labute approximate surface area is 158 Å². The van der Waals surface area contributed by atoms with Crippen LogP contribution >= 0.6 is 0 Å². The maximum atomic E-state index is 8.96. The molecule has 162 valence electrons. The first-order chi connectivity index (χ1) is 9.92. The van der Waals surface area contributed by atoms with Crippen LogP contribution in [0.5, 0.6) is 0 Å². The highest BCUT2D eigenvalue weighted by Gasteiger charge is 2.26. The molecule has 0 bridgehead atoms. The van der Waals surface area contributed by atoms with Gasteiger partial charge in [-0.05, 0) is 20.3 Å². The summed E-state index contributed by atoms with van der Waals surface area (Å²) in [6.45, 7) is 9.49. The molecule has 0 saturated carbocycles. The maximum absolute atomic E-state index is 8.96. The molecule has 0 saturated heterocycles. The molecule has 0 aliphatic heterocycles. The summed E-state index contributed by atoms with van der Waals surface area (Å²) in [4.78, 5) is 0. The van der Waals surface area contributed by atoms with E-state index in [1.165, 1.54) is 0 Å². The highest BCUT2D eigenvalue weighted by atomic mass is 16.5. The molecule has 0 amide bonds. The van der Waals surface area contributed by atoms with Gasteiger partial charge in [-0.15, -0.1) is 0 Å². The van der Waals surface area contributed by atoms with Crippen LogP contribution in [0.3, 0.4) is 0 Å². The molecule has 0 heterocycles. The van der Waals surface area contributed by atoms with Gasteiger partial charge in [0.2, 0.25) is 0 Å². The fraction of sp³-hybridized carbons (Fsp3) is 1.00. The predicted octanol–water partition coefficient (Wildman–Crippen LogP) is 2.96. The first kappa shape index (κ1) is 39.7. The molecule has 6 nitrogen and oxygen atoms in total. The van der Waals surface area contributed by atoms with Gasteiger partial charge >= 0.3 is 0 Å². The summed E-state index contributed by atoms with van der Waals surface area (Å²) in [5.74, 6) is 0. The third kappa shape index (κ3) is 18.4. The zero-order valence-corrected chi connectivity index (χ0v) is 14.0. The lowest BCUT2D eigenvalue weighted by Crippen LogP contribution is -2.34. The van der Waals surface area contributed by atoms with E-state index in [-0.39, 0.29) is 56.1 Å². The van der Waals surface area contributed by atoms with Crippen molar-refractivity contribution in [3.05, 3.63) is 0 Å². The number of aliphatic hydroxyl groups excluding tert-OH is 4. The van der Waals surface area contributed by atoms with Crippen LogP contribution in [0.15, 0.2) is 0 Å². The Hall–Kier alpha value is -0.240. The normalized spacial score (nSPS) is 10.1. The monoisotopic (exact) mass is 374 g/mol. The molecular weight excluding hydrogens is 324 g/mol. The second-order valence-corrected chi connectivity index (χ2v) is 5.57. The molecule has 0 spiro atoms. The van der Waals surface area contributed by atoms with Crippen molar-refractivity contribution in [2.45, 2.75) is 63.8 Å². The minimum atomic E-state index is -0.476. The molecular formula is C19H50O6. The first-order valence-electron chi connectivity index (χ1n) is 7.52. The summed E-state index contributed by atoms with van der Waals surface area (Å²) in [6, 6.07) is 0. The van der Waals surface area contributed by atoms with Gasteiger partial charge in [-0.1, -0.05) is 43.6 Å². The largest absolute Gasteiger partial charge is 0.396 e. The van der Waals surface area contributed by atoms with Gasteiger partial charge in [0.05, 0.1) is 39.6 Å². The van der Waals surface area contributed by atoms with Crippen LogP contribution in [0.25, 0.3) is 0 Å². The summed E-state index contributed by atoms with van der Waals surface area (Å²) in [5.41, 5.74) is -0.911. The molecule has 0 radical (unpaired) electrons. The minimum Gasteiger partial charge on any atom is -0.396 e. The van der Waals surface area contributed by atoms with E-state index in [0.29, 0.717) is 26.4 Å². The number of aliphatic hydroxyl groups is 4. The van der Waals surface area contributed by atoms with Gasteiger partial charge in [-0.2, -0.15) is 0 Å². The molecule has 0 rings (SSSR count). The molecule has 6 heteroatoms. The van der Waals surface area contributed by atoms with E-state index in [9.17, 15) is 0 Å². The van der Waals surface area contributed by atoms with Crippen LogP contribution in [-0.2, 0) is 9.47 Å². The number of hydrogen-bond acceptors (Lipinski definition) is 6. The van der Waals surface area contributed by atoms with Crippen LogP contribution in [0.1, 0.15) is 63.8 Å². The molecule has 4 N–H and O–H groups in total. The zero-order valence-electron chi connectivity index (χ0n) is 14.0. The lowest BCUT2D eigenvalue weighted by molar-refractivity contribution is -0.0265. The second-order valence-electron chi connectivity index (χ2n) is 5.57. The lowest BCUT2D eigenvalue weighted by Gasteiger charge is -2.27. The van der Waals surface area contributed by atoms with E-state index >= 15 is 0 Å². The van der Waals surface area contributed by atoms with Gasteiger partial charge in [0, 0.05) is 24.0 Å². The Bertz CT molecular complexity index is 208. The van der Waals surface area contributed by atoms with Crippen LogP contribution < -0.4 is 0 Å². The third-order valence-electron chi connectivity index (χ3n) is 3.45. The average Bonchev–Trinajstić information content (AvgIpc) is 2.55. The number of hydrogen-bond donors (Lipinski definition) is 4. The number of ether oxygens (including phenoxy) is 2. The van der Waals surface area contributed by atoms with E-state index in [1.807, 2.05) is 20.8 Å². The molecule has 0 aromatic carbocycles. The molecule has 0 aromatic heterocycles. The van der Waals surface area contributed by atoms with Gasteiger partial charge in [-0.25, -0.2) is 0 Å².